The summed E-state index contributed by atoms with van der Waals surface area (Å²) in [6.07, 6.45) is 0. The van der Waals surface area contributed by atoms with Crippen LogP contribution < -0.4 is 4.74 Å². The second kappa shape index (κ2) is 10.4. The molecule has 0 saturated carbocycles. The largest absolute Gasteiger partial charge is 0.457 e. The topological polar surface area (TPSA) is 9.23 Å². The Bertz CT molecular complexity index is 3100. The van der Waals surface area contributed by atoms with Crippen LogP contribution >= 0.6 is 0 Å². The fourth-order valence-corrected chi connectivity index (χ4v) is 11.2. The van der Waals surface area contributed by atoms with Gasteiger partial charge in [-0.05, 0) is 113 Å². The minimum Gasteiger partial charge on any atom is -0.457 e. The fraction of sp³-hybridized carbons (Fsp3) is 0.0370. The van der Waals surface area contributed by atoms with Crippen LogP contribution in [0, 0.1) is 0 Å². The third-order valence-electron chi connectivity index (χ3n) is 13.1. The van der Waals surface area contributed by atoms with E-state index in [0.717, 1.165) is 11.5 Å². The van der Waals surface area contributed by atoms with Gasteiger partial charge in [0.25, 0.3) is 0 Å². The SMILES string of the molecule is c1ccc2c(c1)Oc1cccc(-c3cccc4c3C3(c5ccccc5-c5cc6ccccc6cc53)c3ccccc3-4)c1C21c2ccccc2-c2ccccc21. The van der Waals surface area contributed by atoms with Crippen molar-refractivity contribution in [3.63, 3.8) is 0 Å². The number of fused-ring (bicyclic) bond motifs is 20. The number of rotatable bonds is 1. The quantitative estimate of drug-likeness (QED) is 0.166. The number of benzene rings is 9. The van der Waals surface area contributed by atoms with Gasteiger partial charge in [0.15, 0.2) is 0 Å². The molecule has 1 aliphatic heterocycles. The van der Waals surface area contributed by atoms with Gasteiger partial charge in [-0.3, -0.25) is 0 Å². The van der Waals surface area contributed by atoms with Gasteiger partial charge in [0.05, 0.1) is 10.8 Å². The zero-order chi connectivity index (χ0) is 35.9. The summed E-state index contributed by atoms with van der Waals surface area (Å²) in [5, 5.41) is 2.53. The molecule has 1 atom stereocenters. The van der Waals surface area contributed by atoms with Gasteiger partial charge in [0, 0.05) is 11.1 Å². The molecule has 0 fully saturated rings. The lowest BCUT2D eigenvalue weighted by molar-refractivity contribution is 0.437. The maximum Gasteiger partial charge on any atom is 0.132 e. The number of hydrogen-bond donors (Lipinski definition) is 0. The van der Waals surface area contributed by atoms with Gasteiger partial charge in [0.2, 0.25) is 0 Å². The molecule has 9 aromatic rings. The molecule has 1 heteroatoms. The summed E-state index contributed by atoms with van der Waals surface area (Å²) in [4.78, 5) is 0. The minimum absolute atomic E-state index is 0.521. The predicted molar refractivity (Wildman–Crippen MR) is 223 cm³/mol. The standard InChI is InChI=1S/C54H32O/c1-2-16-34-32-48-42(31-33(34)15-1)38-20-6-10-27-46(38)54(48)45-26-9-5-19-37(45)39-21-13-22-40(51(39)54)41-23-14-30-50-52(41)53(47-28-11-12-29-49(47)55-50)43-24-7-3-17-35(43)36-18-4-8-25-44(36)53/h1-32H. The molecule has 13 rings (SSSR count). The second-order valence-electron chi connectivity index (χ2n) is 15.4. The third kappa shape index (κ3) is 3.42. The highest BCUT2D eigenvalue weighted by Crippen LogP contribution is 2.68. The van der Waals surface area contributed by atoms with Crippen LogP contribution in [0.15, 0.2) is 194 Å². The molecular weight excluding hydrogens is 665 g/mol. The summed E-state index contributed by atoms with van der Waals surface area (Å²) in [7, 11) is 0. The first kappa shape index (κ1) is 29.5. The Hall–Kier alpha value is -6.96. The van der Waals surface area contributed by atoms with Crippen molar-refractivity contribution in [2.75, 3.05) is 0 Å². The van der Waals surface area contributed by atoms with Gasteiger partial charge in [-0.1, -0.05) is 170 Å². The lowest BCUT2D eigenvalue weighted by Gasteiger charge is -2.41. The van der Waals surface area contributed by atoms with Crippen LogP contribution in [0.2, 0.25) is 0 Å². The van der Waals surface area contributed by atoms with E-state index in [4.69, 9.17) is 4.74 Å². The molecule has 9 aromatic carbocycles. The fourth-order valence-electron chi connectivity index (χ4n) is 11.2. The predicted octanol–water partition coefficient (Wildman–Crippen LogP) is 13.3. The first-order valence-electron chi connectivity index (χ1n) is 19.3. The van der Waals surface area contributed by atoms with Crippen LogP contribution in [-0.4, -0.2) is 0 Å². The average Bonchev–Trinajstić information content (AvgIpc) is 3.83. The van der Waals surface area contributed by atoms with E-state index in [-0.39, 0.29) is 0 Å². The molecule has 55 heavy (non-hydrogen) atoms. The van der Waals surface area contributed by atoms with Crippen molar-refractivity contribution in [3.05, 3.63) is 239 Å². The molecule has 1 unspecified atom stereocenters. The first-order valence-corrected chi connectivity index (χ1v) is 19.3. The maximum absolute atomic E-state index is 7.02. The van der Waals surface area contributed by atoms with Crippen molar-refractivity contribution in [1.29, 1.82) is 0 Å². The Balaban J connectivity index is 1.20. The summed E-state index contributed by atoms with van der Waals surface area (Å²) in [5.41, 5.74) is 19.5. The van der Waals surface area contributed by atoms with E-state index in [1.807, 2.05) is 0 Å². The highest BCUT2D eigenvalue weighted by atomic mass is 16.5. The molecule has 0 radical (unpaired) electrons. The molecule has 0 amide bonds. The van der Waals surface area contributed by atoms with Crippen molar-refractivity contribution in [1.82, 2.24) is 0 Å². The second-order valence-corrected chi connectivity index (χ2v) is 15.4. The lowest BCUT2D eigenvalue weighted by Crippen LogP contribution is -2.33. The molecule has 1 nitrogen and oxygen atoms in total. The number of hydrogen-bond acceptors (Lipinski definition) is 1. The highest BCUT2D eigenvalue weighted by Gasteiger charge is 2.55. The Morgan fingerprint density at radius 2 is 0.636 bits per heavy atom. The van der Waals surface area contributed by atoms with Crippen LogP contribution in [0.4, 0.5) is 0 Å². The van der Waals surface area contributed by atoms with Crippen LogP contribution in [0.25, 0.3) is 55.3 Å². The first-order chi connectivity index (χ1) is 27.3. The number of ether oxygens (including phenoxy) is 1. The van der Waals surface area contributed by atoms with E-state index in [1.54, 1.807) is 0 Å². The molecule has 4 aliphatic rings. The van der Waals surface area contributed by atoms with Crippen LogP contribution in [0.5, 0.6) is 11.5 Å². The maximum atomic E-state index is 7.02. The van der Waals surface area contributed by atoms with E-state index in [9.17, 15) is 0 Å². The van der Waals surface area contributed by atoms with Crippen molar-refractivity contribution in [3.8, 4) is 56.0 Å². The Morgan fingerprint density at radius 1 is 0.255 bits per heavy atom. The highest BCUT2D eigenvalue weighted by molar-refractivity contribution is 6.03. The molecule has 0 aromatic heterocycles. The van der Waals surface area contributed by atoms with Gasteiger partial charge < -0.3 is 4.74 Å². The van der Waals surface area contributed by atoms with E-state index in [0.29, 0.717) is 0 Å². The van der Waals surface area contributed by atoms with Gasteiger partial charge in [-0.25, -0.2) is 0 Å². The summed E-state index contributed by atoms with van der Waals surface area (Å²) in [6.45, 7) is 0. The molecule has 1 heterocycles. The Morgan fingerprint density at radius 3 is 1.25 bits per heavy atom. The van der Waals surface area contributed by atoms with E-state index in [2.05, 4.69) is 194 Å². The van der Waals surface area contributed by atoms with Gasteiger partial charge in [-0.15, -0.1) is 0 Å². The van der Waals surface area contributed by atoms with Crippen molar-refractivity contribution in [2.24, 2.45) is 0 Å². The van der Waals surface area contributed by atoms with Gasteiger partial charge in [0.1, 0.15) is 11.5 Å². The Kier molecular flexibility index (Phi) is 5.56. The third-order valence-corrected chi connectivity index (χ3v) is 13.1. The average molecular weight is 697 g/mol. The zero-order valence-corrected chi connectivity index (χ0v) is 29.9. The molecule has 0 N–H and O–H groups in total. The molecular formula is C54H32O. The van der Waals surface area contributed by atoms with E-state index in [1.165, 1.54) is 99.8 Å². The number of para-hydroxylation sites is 1. The van der Waals surface area contributed by atoms with E-state index >= 15 is 0 Å². The summed E-state index contributed by atoms with van der Waals surface area (Å²) < 4.78 is 7.02. The zero-order valence-electron chi connectivity index (χ0n) is 29.9. The van der Waals surface area contributed by atoms with Crippen LogP contribution in [-0.2, 0) is 10.8 Å². The van der Waals surface area contributed by atoms with Crippen molar-refractivity contribution in [2.45, 2.75) is 10.8 Å². The summed E-state index contributed by atoms with van der Waals surface area (Å²) in [6, 6.07) is 72.5. The summed E-state index contributed by atoms with van der Waals surface area (Å²) >= 11 is 0. The monoisotopic (exact) mass is 696 g/mol. The summed E-state index contributed by atoms with van der Waals surface area (Å²) in [5.74, 6) is 1.81. The molecule has 3 aliphatic carbocycles. The van der Waals surface area contributed by atoms with Crippen LogP contribution in [0.3, 0.4) is 0 Å². The molecule has 0 bridgehead atoms. The molecule has 254 valence electrons. The molecule has 0 saturated heterocycles. The van der Waals surface area contributed by atoms with Gasteiger partial charge in [-0.2, -0.15) is 0 Å². The van der Waals surface area contributed by atoms with Gasteiger partial charge >= 0.3 is 0 Å². The van der Waals surface area contributed by atoms with Crippen LogP contribution in [0.1, 0.15) is 44.5 Å². The van der Waals surface area contributed by atoms with Crippen molar-refractivity contribution < 1.29 is 4.74 Å². The lowest BCUT2D eigenvalue weighted by atomic mass is 9.63. The minimum atomic E-state index is -0.586. The Labute approximate surface area is 319 Å². The normalized spacial score (nSPS) is 16.7. The van der Waals surface area contributed by atoms with E-state index < -0.39 is 10.8 Å². The van der Waals surface area contributed by atoms with Crippen molar-refractivity contribution >= 4 is 10.8 Å². The molecule has 2 spiro atoms. The smallest absolute Gasteiger partial charge is 0.132 e.